The molecule has 1 aliphatic carbocycles. The van der Waals surface area contributed by atoms with Gasteiger partial charge in [-0.05, 0) is 24.0 Å². The lowest BCUT2D eigenvalue weighted by atomic mass is 10.1. The molecule has 0 radical (unpaired) electrons. The summed E-state index contributed by atoms with van der Waals surface area (Å²) in [4.78, 5) is 11.6. The van der Waals surface area contributed by atoms with Crippen LogP contribution in [-0.2, 0) is 0 Å². The monoisotopic (exact) mass is 164 g/mol. The van der Waals surface area contributed by atoms with E-state index in [4.69, 9.17) is 4.42 Å². The highest BCUT2D eigenvalue weighted by Gasteiger charge is 2.51. The quantitative estimate of drug-likeness (QED) is 0.628. The van der Waals surface area contributed by atoms with Crippen molar-refractivity contribution in [1.29, 1.82) is 0 Å². The third-order valence-electron chi connectivity index (χ3n) is 2.59. The molecule has 0 N–H and O–H groups in total. The maximum atomic E-state index is 11.6. The van der Waals surface area contributed by atoms with Gasteiger partial charge >= 0.3 is 0 Å². The molecule has 2 rings (SSSR count). The maximum absolute atomic E-state index is 11.6. The first kappa shape index (κ1) is 7.59. The van der Waals surface area contributed by atoms with Crippen molar-refractivity contribution in [1.82, 2.24) is 0 Å². The first-order valence-electron chi connectivity index (χ1n) is 4.19. The molecule has 0 amide bonds. The molecule has 0 bridgehead atoms. The zero-order valence-corrected chi connectivity index (χ0v) is 7.33. The van der Waals surface area contributed by atoms with Crippen LogP contribution in [0, 0.1) is 11.3 Å². The molecule has 2 nitrogen and oxygen atoms in total. The average Bonchev–Trinajstić information content (AvgIpc) is 2.56. The first-order valence-corrected chi connectivity index (χ1v) is 4.19. The summed E-state index contributed by atoms with van der Waals surface area (Å²) in [6.07, 6.45) is 2.54. The maximum Gasteiger partial charge on any atom is 0.201 e. The van der Waals surface area contributed by atoms with E-state index in [9.17, 15) is 4.79 Å². The highest BCUT2D eigenvalue weighted by molar-refractivity contribution is 5.97. The zero-order chi connectivity index (χ0) is 8.77. The van der Waals surface area contributed by atoms with Crippen LogP contribution >= 0.6 is 0 Å². The van der Waals surface area contributed by atoms with Crippen molar-refractivity contribution in [3.05, 3.63) is 24.2 Å². The van der Waals surface area contributed by atoms with E-state index in [-0.39, 0.29) is 17.1 Å². The van der Waals surface area contributed by atoms with E-state index in [1.807, 2.05) is 0 Å². The van der Waals surface area contributed by atoms with Crippen molar-refractivity contribution >= 4 is 5.78 Å². The number of ketones is 1. The Morgan fingerprint density at radius 2 is 2.33 bits per heavy atom. The summed E-state index contributed by atoms with van der Waals surface area (Å²) in [5.41, 5.74) is 0.198. The summed E-state index contributed by atoms with van der Waals surface area (Å²) in [6, 6.07) is 3.49. The average molecular weight is 164 g/mol. The molecule has 1 aromatic heterocycles. The van der Waals surface area contributed by atoms with Crippen LogP contribution in [-0.4, -0.2) is 5.78 Å². The number of hydrogen-bond donors (Lipinski definition) is 0. The van der Waals surface area contributed by atoms with E-state index < -0.39 is 0 Å². The van der Waals surface area contributed by atoms with Crippen LogP contribution < -0.4 is 0 Å². The van der Waals surface area contributed by atoms with Crippen molar-refractivity contribution in [2.75, 3.05) is 0 Å². The predicted octanol–water partition coefficient (Wildman–Crippen LogP) is 2.51. The number of hydrogen-bond acceptors (Lipinski definition) is 2. The molecule has 1 unspecified atom stereocenters. The van der Waals surface area contributed by atoms with Gasteiger partial charge in [0.25, 0.3) is 0 Å². The summed E-state index contributed by atoms with van der Waals surface area (Å²) in [6.45, 7) is 4.22. The molecule has 2 heteroatoms. The number of carbonyl (C=O) groups excluding carboxylic acids is 1. The van der Waals surface area contributed by atoms with Crippen LogP contribution in [0.4, 0.5) is 0 Å². The van der Waals surface area contributed by atoms with Gasteiger partial charge in [0.1, 0.15) is 0 Å². The Balaban J connectivity index is 2.14. The summed E-state index contributed by atoms with van der Waals surface area (Å²) < 4.78 is 5.04. The van der Waals surface area contributed by atoms with E-state index in [2.05, 4.69) is 13.8 Å². The highest BCUT2D eigenvalue weighted by Crippen LogP contribution is 2.53. The smallest absolute Gasteiger partial charge is 0.201 e. The van der Waals surface area contributed by atoms with Gasteiger partial charge in [-0.2, -0.15) is 0 Å². The van der Waals surface area contributed by atoms with Crippen LogP contribution in [0.3, 0.4) is 0 Å². The van der Waals surface area contributed by atoms with Crippen LogP contribution in [0.1, 0.15) is 30.8 Å². The molecular formula is C10H12O2. The Hall–Kier alpha value is -1.05. The van der Waals surface area contributed by atoms with Gasteiger partial charge < -0.3 is 4.42 Å². The van der Waals surface area contributed by atoms with Crippen molar-refractivity contribution in [2.24, 2.45) is 11.3 Å². The van der Waals surface area contributed by atoms with Gasteiger partial charge in [-0.1, -0.05) is 13.8 Å². The van der Waals surface area contributed by atoms with Crippen LogP contribution in [0.5, 0.6) is 0 Å². The molecule has 1 aromatic rings. The van der Waals surface area contributed by atoms with E-state index in [0.29, 0.717) is 5.76 Å². The molecule has 0 aliphatic heterocycles. The fourth-order valence-electron chi connectivity index (χ4n) is 1.51. The third-order valence-corrected chi connectivity index (χ3v) is 2.59. The molecule has 0 saturated heterocycles. The molecule has 64 valence electrons. The Kier molecular flexibility index (Phi) is 1.40. The van der Waals surface area contributed by atoms with Crippen molar-refractivity contribution < 1.29 is 9.21 Å². The van der Waals surface area contributed by atoms with Gasteiger partial charge in [0.2, 0.25) is 5.78 Å². The molecule has 1 fully saturated rings. The predicted molar refractivity (Wildman–Crippen MR) is 44.9 cm³/mol. The summed E-state index contributed by atoms with van der Waals surface area (Å²) in [7, 11) is 0. The third kappa shape index (κ3) is 1.07. The Labute approximate surface area is 71.6 Å². The summed E-state index contributed by atoms with van der Waals surface area (Å²) in [5.74, 6) is 0.847. The normalized spacial score (nSPS) is 25.3. The lowest BCUT2D eigenvalue weighted by Gasteiger charge is -1.98. The fourth-order valence-corrected chi connectivity index (χ4v) is 1.51. The second-order valence-electron chi connectivity index (χ2n) is 4.09. The van der Waals surface area contributed by atoms with Crippen LogP contribution in [0.15, 0.2) is 22.8 Å². The van der Waals surface area contributed by atoms with Gasteiger partial charge in [0, 0.05) is 5.92 Å². The Morgan fingerprint density at radius 1 is 1.67 bits per heavy atom. The number of furan rings is 1. The molecule has 0 spiro atoms. The largest absolute Gasteiger partial charge is 0.461 e. The molecule has 1 atom stereocenters. The highest BCUT2D eigenvalue weighted by atomic mass is 16.3. The Morgan fingerprint density at radius 3 is 2.75 bits per heavy atom. The summed E-state index contributed by atoms with van der Waals surface area (Å²) >= 11 is 0. The minimum absolute atomic E-state index is 0.157. The van der Waals surface area contributed by atoms with E-state index in [1.165, 1.54) is 0 Å². The van der Waals surface area contributed by atoms with Crippen molar-refractivity contribution in [3.63, 3.8) is 0 Å². The molecule has 12 heavy (non-hydrogen) atoms. The van der Waals surface area contributed by atoms with Gasteiger partial charge in [-0.25, -0.2) is 0 Å². The SMILES string of the molecule is CC1(C)CC1C(=O)c1ccco1. The van der Waals surface area contributed by atoms with Crippen LogP contribution in [0.2, 0.25) is 0 Å². The molecular weight excluding hydrogens is 152 g/mol. The molecule has 0 aromatic carbocycles. The Bertz CT molecular complexity index is 296. The van der Waals surface area contributed by atoms with Gasteiger partial charge in [0.15, 0.2) is 5.76 Å². The van der Waals surface area contributed by atoms with E-state index >= 15 is 0 Å². The second-order valence-corrected chi connectivity index (χ2v) is 4.09. The van der Waals surface area contributed by atoms with Gasteiger partial charge in [-0.15, -0.1) is 0 Å². The minimum Gasteiger partial charge on any atom is -0.461 e. The standard InChI is InChI=1S/C10H12O2/c1-10(2)6-7(10)9(11)8-4-3-5-12-8/h3-5,7H,6H2,1-2H3. The van der Waals surface area contributed by atoms with E-state index in [1.54, 1.807) is 18.4 Å². The molecule has 1 aliphatic rings. The molecule has 1 heterocycles. The lowest BCUT2D eigenvalue weighted by molar-refractivity contribution is 0.0925. The lowest BCUT2D eigenvalue weighted by Crippen LogP contribution is -2.04. The first-order chi connectivity index (χ1) is 5.61. The minimum atomic E-state index is 0.157. The molecule has 1 saturated carbocycles. The number of carbonyl (C=O) groups is 1. The second kappa shape index (κ2) is 2.22. The zero-order valence-electron chi connectivity index (χ0n) is 7.33. The van der Waals surface area contributed by atoms with Crippen molar-refractivity contribution in [3.8, 4) is 0 Å². The van der Waals surface area contributed by atoms with Gasteiger partial charge in [-0.3, -0.25) is 4.79 Å². The summed E-state index contributed by atoms with van der Waals surface area (Å²) in [5, 5.41) is 0. The topological polar surface area (TPSA) is 30.2 Å². The van der Waals surface area contributed by atoms with Crippen LogP contribution in [0.25, 0.3) is 0 Å². The fraction of sp³-hybridized carbons (Fsp3) is 0.500. The number of Topliss-reactive ketones (excluding diaryl/α,β-unsaturated/α-hetero) is 1. The number of rotatable bonds is 2. The van der Waals surface area contributed by atoms with E-state index in [0.717, 1.165) is 6.42 Å². The van der Waals surface area contributed by atoms with Crippen molar-refractivity contribution in [2.45, 2.75) is 20.3 Å². The van der Waals surface area contributed by atoms with Gasteiger partial charge in [0.05, 0.1) is 6.26 Å².